The summed E-state index contributed by atoms with van der Waals surface area (Å²) in [7, 11) is 1.38. The Kier molecular flexibility index (Phi) is 4.52. The van der Waals surface area contributed by atoms with Crippen molar-refractivity contribution in [2.45, 2.75) is 13.0 Å². The number of carbonyl (C=O) groups excluding carboxylic acids is 1. The SMILES string of the molecule is COCc1cc(F)c(C(=O)CCN)cc1F. The monoisotopic (exact) mass is 229 g/mol. The quantitative estimate of drug-likeness (QED) is 0.781. The van der Waals surface area contributed by atoms with Crippen molar-refractivity contribution >= 4 is 5.78 Å². The van der Waals surface area contributed by atoms with E-state index < -0.39 is 17.4 Å². The minimum Gasteiger partial charge on any atom is -0.380 e. The van der Waals surface area contributed by atoms with Crippen molar-refractivity contribution in [2.24, 2.45) is 5.73 Å². The molecule has 0 heterocycles. The number of nitrogens with two attached hydrogens (primary N) is 1. The van der Waals surface area contributed by atoms with E-state index in [-0.39, 0.29) is 30.7 Å². The average Bonchev–Trinajstić information content (AvgIpc) is 2.23. The van der Waals surface area contributed by atoms with Crippen LogP contribution in [-0.2, 0) is 11.3 Å². The highest BCUT2D eigenvalue weighted by Crippen LogP contribution is 2.17. The highest BCUT2D eigenvalue weighted by atomic mass is 19.1. The highest BCUT2D eigenvalue weighted by Gasteiger charge is 2.15. The first-order valence-corrected chi connectivity index (χ1v) is 4.80. The molecule has 0 saturated heterocycles. The first-order chi connectivity index (χ1) is 7.60. The summed E-state index contributed by atoms with van der Waals surface area (Å²) < 4.78 is 31.5. The van der Waals surface area contributed by atoms with Gasteiger partial charge in [-0.05, 0) is 18.7 Å². The molecule has 16 heavy (non-hydrogen) atoms. The lowest BCUT2D eigenvalue weighted by atomic mass is 10.0. The second kappa shape index (κ2) is 5.67. The summed E-state index contributed by atoms with van der Waals surface area (Å²) >= 11 is 0. The van der Waals surface area contributed by atoms with Crippen molar-refractivity contribution in [3.05, 3.63) is 34.9 Å². The molecule has 1 rings (SSSR count). The molecule has 0 radical (unpaired) electrons. The molecule has 0 aliphatic carbocycles. The minimum absolute atomic E-state index is 0.0000154. The molecule has 0 fully saturated rings. The largest absolute Gasteiger partial charge is 0.380 e. The molecule has 0 atom stereocenters. The van der Waals surface area contributed by atoms with E-state index in [1.165, 1.54) is 7.11 Å². The minimum atomic E-state index is -0.744. The van der Waals surface area contributed by atoms with Crippen molar-refractivity contribution in [3.63, 3.8) is 0 Å². The van der Waals surface area contributed by atoms with Crippen molar-refractivity contribution in [3.8, 4) is 0 Å². The van der Waals surface area contributed by atoms with Gasteiger partial charge in [-0.1, -0.05) is 0 Å². The van der Waals surface area contributed by atoms with Crippen LogP contribution in [0.3, 0.4) is 0 Å². The van der Waals surface area contributed by atoms with Crippen LogP contribution in [0.25, 0.3) is 0 Å². The molecule has 3 nitrogen and oxygen atoms in total. The normalized spacial score (nSPS) is 10.5. The summed E-state index contributed by atoms with van der Waals surface area (Å²) in [5.74, 6) is -1.89. The standard InChI is InChI=1S/C11H13F2NO2/c1-16-6-7-4-10(13)8(5-9(7)12)11(15)2-3-14/h4-5H,2-3,6,14H2,1H3. The Hall–Kier alpha value is -1.33. The third-order valence-electron chi connectivity index (χ3n) is 2.11. The number of benzene rings is 1. The maximum absolute atomic E-state index is 13.4. The lowest BCUT2D eigenvalue weighted by molar-refractivity contribution is 0.0980. The summed E-state index contributed by atoms with van der Waals surface area (Å²) in [5, 5.41) is 0. The first-order valence-electron chi connectivity index (χ1n) is 4.80. The lowest BCUT2D eigenvalue weighted by Crippen LogP contribution is -2.11. The van der Waals surface area contributed by atoms with Crippen LogP contribution in [0.1, 0.15) is 22.3 Å². The van der Waals surface area contributed by atoms with Crippen LogP contribution in [0.2, 0.25) is 0 Å². The summed E-state index contributed by atoms with van der Waals surface area (Å²) in [6.07, 6.45) is -0.0000154. The summed E-state index contributed by atoms with van der Waals surface area (Å²) in [4.78, 5) is 11.4. The number of carbonyl (C=O) groups is 1. The molecule has 0 bridgehead atoms. The van der Waals surface area contributed by atoms with Gasteiger partial charge in [-0.2, -0.15) is 0 Å². The Labute approximate surface area is 92.2 Å². The number of hydrogen-bond acceptors (Lipinski definition) is 3. The third kappa shape index (κ3) is 2.84. The molecular weight excluding hydrogens is 216 g/mol. The van der Waals surface area contributed by atoms with Crippen molar-refractivity contribution < 1.29 is 18.3 Å². The maximum atomic E-state index is 13.4. The molecule has 1 aromatic carbocycles. The Morgan fingerprint density at radius 3 is 2.62 bits per heavy atom. The zero-order chi connectivity index (χ0) is 12.1. The van der Waals surface area contributed by atoms with Gasteiger partial charge in [0.05, 0.1) is 12.2 Å². The van der Waals surface area contributed by atoms with E-state index in [4.69, 9.17) is 10.5 Å². The number of hydrogen-bond donors (Lipinski definition) is 1. The second-order valence-corrected chi connectivity index (χ2v) is 3.32. The Morgan fingerprint density at radius 1 is 1.38 bits per heavy atom. The predicted octanol–water partition coefficient (Wildman–Crippen LogP) is 1.64. The fourth-order valence-electron chi connectivity index (χ4n) is 1.33. The molecule has 2 N–H and O–H groups in total. The Balaban J connectivity index is 3.05. The van der Waals surface area contributed by atoms with Crippen LogP contribution in [-0.4, -0.2) is 19.4 Å². The summed E-state index contributed by atoms with van der Waals surface area (Å²) in [6.45, 7) is 0.0772. The van der Waals surface area contributed by atoms with Gasteiger partial charge in [-0.15, -0.1) is 0 Å². The molecule has 0 spiro atoms. The van der Waals surface area contributed by atoms with E-state index in [0.717, 1.165) is 12.1 Å². The Bertz CT molecular complexity index is 394. The van der Waals surface area contributed by atoms with Gasteiger partial charge in [0.2, 0.25) is 0 Å². The van der Waals surface area contributed by atoms with Gasteiger partial charge in [0.15, 0.2) is 5.78 Å². The van der Waals surface area contributed by atoms with Crippen LogP contribution in [0.4, 0.5) is 8.78 Å². The molecule has 0 aliphatic heterocycles. The number of halogens is 2. The predicted molar refractivity (Wildman–Crippen MR) is 55.1 cm³/mol. The second-order valence-electron chi connectivity index (χ2n) is 3.32. The molecule has 0 unspecified atom stereocenters. The van der Waals surface area contributed by atoms with E-state index in [1.54, 1.807) is 0 Å². The smallest absolute Gasteiger partial charge is 0.167 e. The van der Waals surface area contributed by atoms with Gasteiger partial charge in [0.25, 0.3) is 0 Å². The maximum Gasteiger partial charge on any atom is 0.167 e. The molecule has 0 amide bonds. The molecule has 1 aromatic rings. The fraction of sp³-hybridized carbons (Fsp3) is 0.364. The lowest BCUT2D eigenvalue weighted by Gasteiger charge is -2.06. The topological polar surface area (TPSA) is 52.3 Å². The van der Waals surface area contributed by atoms with Crippen LogP contribution in [0.15, 0.2) is 12.1 Å². The van der Waals surface area contributed by atoms with E-state index in [0.29, 0.717) is 0 Å². The van der Waals surface area contributed by atoms with Gasteiger partial charge < -0.3 is 10.5 Å². The zero-order valence-corrected chi connectivity index (χ0v) is 8.93. The highest BCUT2D eigenvalue weighted by molar-refractivity contribution is 5.96. The van der Waals surface area contributed by atoms with Crippen LogP contribution in [0, 0.1) is 11.6 Å². The van der Waals surface area contributed by atoms with Gasteiger partial charge in [-0.25, -0.2) is 8.78 Å². The van der Waals surface area contributed by atoms with Gasteiger partial charge in [0.1, 0.15) is 11.6 Å². The third-order valence-corrected chi connectivity index (χ3v) is 2.11. The number of rotatable bonds is 5. The number of ether oxygens (including phenoxy) is 1. The zero-order valence-electron chi connectivity index (χ0n) is 8.93. The first kappa shape index (κ1) is 12.7. The van der Waals surface area contributed by atoms with Gasteiger partial charge in [0, 0.05) is 19.1 Å². The van der Waals surface area contributed by atoms with Gasteiger partial charge in [-0.3, -0.25) is 4.79 Å². The summed E-state index contributed by atoms with van der Waals surface area (Å²) in [6, 6.07) is 1.87. The summed E-state index contributed by atoms with van der Waals surface area (Å²) in [5.41, 5.74) is 5.00. The van der Waals surface area contributed by atoms with Crippen LogP contribution >= 0.6 is 0 Å². The van der Waals surface area contributed by atoms with Crippen LogP contribution in [0.5, 0.6) is 0 Å². The number of Topliss-reactive ketones (excluding diaryl/α,β-unsaturated/α-hetero) is 1. The van der Waals surface area contributed by atoms with Crippen molar-refractivity contribution in [1.29, 1.82) is 0 Å². The number of methoxy groups -OCH3 is 1. The average molecular weight is 229 g/mol. The van der Waals surface area contributed by atoms with Gasteiger partial charge >= 0.3 is 0 Å². The fourth-order valence-corrected chi connectivity index (χ4v) is 1.33. The molecule has 0 aromatic heterocycles. The molecule has 88 valence electrons. The van der Waals surface area contributed by atoms with Crippen LogP contribution < -0.4 is 5.73 Å². The number of ketones is 1. The van der Waals surface area contributed by atoms with E-state index in [2.05, 4.69) is 0 Å². The van der Waals surface area contributed by atoms with E-state index >= 15 is 0 Å². The van der Waals surface area contributed by atoms with Crippen molar-refractivity contribution in [1.82, 2.24) is 0 Å². The van der Waals surface area contributed by atoms with E-state index in [9.17, 15) is 13.6 Å². The molecule has 5 heteroatoms. The van der Waals surface area contributed by atoms with E-state index in [1.807, 2.05) is 0 Å². The molecule has 0 aliphatic rings. The Morgan fingerprint density at radius 2 is 2.06 bits per heavy atom. The molecule has 0 saturated carbocycles. The molecular formula is C11H13F2NO2. The van der Waals surface area contributed by atoms with Crippen molar-refractivity contribution in [2.75, 3.05) is 13.7 Å².